The second-order valence-electron chi connectivity index (χ2n) is 7.86. The van der Waals surface area contributed by atoms with Crippen LogP contribution in [0.2, 0.25) is 0 Å². The largest absolute Gasteiger partial charge is 0.484 e. The molecule has 0 bridgehead atoms. The molecule has 0 radical (unpaired) electrons. The summed E-state index contributed by atoms with van der Waals surface area (Å²) in [7, 11) is 1.67. The Morgan fingerprint density at radius 2 is 1.79 bits per heavy atom. The van der Waals surface area contributed by atoms with Crippen LogP contribution in [0.25, 0.3) is 16.7 Å². The number of amides is 1. The summed E-state index contributed by atoms with van der Waals surface area (Å²) in [5, 5.41) is 15.3. The Labute approximate surface area is 191 Å². The summed E-state index contributed by atoms with van der Waals surface area (Å²) in [5.41, 5.74) is 0.716. The molecule has 178 valence electrons. The van der Waals surface area contributed by atoms with Gasteiger partial charge in [-0.2, -0.15) is 23.8 Å². The number of aryl methyl sites for hydroxylation is 1. The first kappa shape index (κ1) is 23.2. The third-order valence-corrected chi connectivity index (χ3v) is 5.03. The summed E-state index contributed by atoms with van der Waals surface area (Å²) >= 11 is 0. The van der Waals surface area contributed by atoms with E-state index in [2.05, 4.69) is 20.6 Å². The summed E-state index contributed by atoms with van der Waals surface area (Å²) in [6.07, 6.45) is 1.93. The topological polar surface area (TPSA) is 86.9 Å². The molecule has 0 unspecified atom stereocenters. The van der Waals surface area contributed by atoms with E-state index in [-0.39, 0.29) is 11.3 Å². The van der Waals surface area contributed by atoms with Gasteiger partial charge in [-0.05, 0) is 37.3 Å². The number of halogens is 4. The van der Waals surface area contributed by atoms with Gasteiger partial charge in [-0.3, -0.25) is 4.79 Å². The molecule has 0 saturated heterocycles. The number of nitrogens with one attached hydrogen (secondary N) is 1. The number of aromatic nitrogens is 5. The van der Waals surface area contributed by atoms with Crippen molar-refractivity contribution in [3.8, 4) is 11.6 Å². The van der Waals surface area contributed by atoms with E-state index in [0.29, 0.717) is 29.7 Å². The van der Waals surface area contributed by atoms with Gasteiger partial charge < -0.3 is 10.1 Å². The zero-order valence-corrected chi connectivity index (χ0v) is 18.3. The SMILES string of the molecule is C[C@H](NC(=O)C(C)(F)F)[C@H](Oc1ccc2c(cnn2-c2cnn(C)n2)c1)c1cc(F)cc(F)c1. The Morgan fingerprint density at radius 1 is 1.09 bits per heavy atom. The van der Waals surface area contributed by atoms with Crippen molar-refractivity contribution < 1.29 is 27.1 Å². The van der Waals surface area contributed by atoms with E-state index in [9.17, 15) is 22.4 Å². The summed E-state index contributed by atoms with van der Waals surface area (Å²) in [4.78, 5) is 13.2. The van der Waals surface area contributed by atoms with Gasteiger partial charge in [-0.1, -0.05) is 0 Å². The first-order chi connectivity index (χ1) is 16.0. The van der Waals surface area contributed by atoms with Crippen LogP contribution in [0.1, 0.15) is 25.5 Å². The minimum Gasteiger partial charge on any atom is -0.484 e. The number of fused-ring (bicyclic) bond motifs is 1. The van der Waals surface area contributed by atoms with E-state index in [0.717, 1.165) is 12.1 Å². The van der Waals surface area contributed by atoms with Gasteiger partial charge in [-0.25, -0.2) is 13.5 Å². The number of nitrogens with zero attached hydrogens (tertiary/aromatic N) is 5. The fraction of sp³-hybridized carbons (Fsp3) is 0.273. The van der Waals surface area contributed by atoms with Gasteiger partial charge in [0.2, 0.25) is 0 Å². The first-order valence-electron chi connectivity index (χ1n) is 10.2. The highest BCUT2D eigenvalue weighted by Gasteiger charge is 2.35. The van der Waals surface area contributed by atoms with Gasteiger partial charge in [0.1, 0.15) is 23.5 Å². The lowest BCUT2D eigenvalue weighted by molar-refractivity contribution is -0.144. The Kier molecular flexibility index (Phi) is 5.98. The molecule has 2 heterocycles. The Hall–Kier alpha value is -3.96. The summed E-state index contributed by atoms with van der Waals surface area (Å²) in [6.45, 7) is 1.86. The predicted molar refractivity (Wildman–Crippen MR) is 114 cm³/mol. The van der Waals surface area contributed by atoms with Crippen molar-refractivity contribution in [1.29, 1.82) is 0 Å². The molecule has 2 atom stereocenters. The normalized spacial score (nSPS) is 13.6. The number of ether oxygens (including phenoxy) is 1. The van der Waals surface area contributed by atoms with Gasteiger partial charge in [0.25, 0.3) is 5.91 Å². The molecular weight excluding hydrogens is 456 g/mol. The molecule has 34 heavy (non-hydrogen) atoms. The van der Waals surface area contributed by atoms with Crippen LogP contribution in [0.5, 0.6) is 5.75 Å². The number of carbonyl (C=O) groups excluding carboxylic acids is 1. The first-order valence-corrected chi connectivity index (χ1v) is 10.2. The average Bonchev–Trinajstić information content (AvgIpc) is 3.35. The van der Waals surface area contributed by atoms with Crippen molar-refractivity contribution in [3.63, 3.8) is 0 Å². The third-order valence-electron chi connectivity index (χ3n) is 5.03. The van der Waals surface area contributed by atoms with Gasteiger partial charge >= 0.3 is 5.92 Å². The monoisotopic (exact) mass is 476 g/mol. The van der Waals surface area contributed by atoms with Crippen molar-refractivity contribution in [1.82, 2.24) is 30.1 Å². The van der Waals surface area contributed by atoms with Crippen LogP contribution < -0.4 is 10.1 Å². The lowest BCUT2D eigenvalue weighted by atomic mass is 10.0. The Bertz CT molecular complexity index is 1330. The van der Waals surface area contributed by atoms with E-state index < -0.39 is 35.6 Å². The minimum absolute atomic E-state index is 0.0278. The van der Waals surface area contributed by atoms with Gasteiger partial charge in [0, 0.05) is 31.0 Å². The Balaban J connectivity index is 1.67. The molecule has 0 aliphatic rings. The number of rotatable bonds is 7. The average molecular weight is 476 g/mol. The number of benzene rings is 2. The summed E-state index contributed by atoms with van der Waals surface area (Å²) < 4.78 is 62.1. The van der Waals surface area contributed by atoms with Gasteiger partial charge in [-0.15, -0.1) is 5.10 Å². The molecule has 8 nitrogen and oxygen atoms in total. The molecule has 4 aromatic rings. The number of alkyl halides is 2. The fourth-order valence-electron chi connectivity index (χ4n) is 3.45. The molecule has 0 aliphatic heterocycles. The zero-order valence-electron chi connectivity index (χ0n) is 18.3. The molecule has 0 spiro atoms. The molecule has 0 saturated carbocycles. The highest BCUT2D eigenvalue weighted by Crippen LogP contribution is 2.30. The molecule has 1 N–H and O–H groups in total. The summed E-state index contributed by atoms with van der Waals surface area (Å²) in [5.74, 6) is -6.15. The molecule has 12 heteroatoms. The Morgan fingerprint density at radius 3 is 2.41 bits per heavy atom. The zero-order chi connectivity index (χ0) is 24.6. The number of hydrogen-bond acceptors (Lipinski definition) is 5. The van der Waals surface area contributed by atoms with Crippen LogP contribution in [0.15, 0.2) is 48.8 Å². The molecule has 4 rings (SSSR count). The molecule has 0 aliphatic carbocycles. The molecule has 0 fully saturated rings. The van der Waals surface area contributed by atoms with Crippen molar-refractivity contribution in [3.05, 3.63) is 66.0 Å². The molecule has 2 aromatic carbocycles. The van der Waals surface area contributed by atoms with Crippen molar-refractivity contribution in [2.75, 3.05) is 0 Å². The molecule has 1 amide bonds. The number of carbonyl (C=O) groups is 1. The number of hydrogen-bond donors (Lipinski definition) is 1. The van der Waals surface area contributed by atoms with E-state index >= 15 is 0 Å². The van der Waals surface area contributed by atoms with Crippen molar-refractivity contribution in [2.24, 2.45) is 7.05 Å². The second kappa shape index (κ2) is 8.76. The van der Waals surface area contributed by atoms with Crippen LogP contribution in [0.4, 0.5) is 17.6 Å². The fourth-order valence-corrected chi connectivity index (χ4v) is 3.45. The van der Waals surface area contributed by atoms with Crippen LogP contribution in [-0.4, -0.2) is 42.6 Å². The van der Waals surface area contributed by atoms with E-state index in [4.69, 9.17) is 4.74 Å². The predicted octanol–water partition coefficient (Wildman–Crippen LogP) is 3.71. The highest BCUT2D eigenvalue weighted by atomic mass is 19.3. The quantitative estimate of drug-likeness (QED) is 0.411. The second-order valence-corrected chi connectivity index (χ2v) is 7.86. The lowest BCUT2D eigenvalue weighted by Gasteiger charge is -2.27. The smallest absolute Gasteiger partial charge is 0.321 e. The lowest BCUT2D eigenvalue weighted by Crippen LogP contribution is -2.46. The third kappa shape index (κ3) is 4.85. The van der Waals surface area contributed by atoms with Crippen LogP contribution in [0.3, 0.4) is 0 Å². The van der Waals surface area contributed by atoms with Gasteiger partial charge in [0.05, 0.1) is 24.0 Å². The highest BCUT2D eigenvalue weighted by molar-refractivity contribution is 5.83. The van der Waals surface area contributed by atoms with E-state index in [1.807, 2.05) is 0 Å². The van der Waals surface area contributed by atoms with Crippen LogP contribution in [0, 0.1) is 11.6 Å². The summed E-state index contributed by atoms with van der Waals surface area (Å²) in [6, 6.07) is 6.56. The standard InChI is InChI=1S/C22H20F4N6O2/c1-12(29-21(33)22(2,25)26)20(13-6-15(23)9-16(24)7-13)34-17-4-5-18-14(8-17)10-28-32(18)19-11-27-31(3)30-19/h4-12,20H,1-3H3,(H,29,33)/t12-,20-/m0/s1. The minimum atomic E-state index is -3.64. The van der Waals surface area contributed by atoms with Crippen molar-refractivity contribution in [2.45, 2.75) is 31.9 Å². The van der Waals surface area contributed by atoms with Crippen molar-refractivity contribution >= 4 is 16.8 Å². The maximum atomic E-state index is 13.9. The maximum Gasteiger partial charge on any atom is 0.321 e. The van der Waals surface area contributed by atoms with Gasteiger partial charge in [0.15, 0.2) is 5.82 Å². The molecule has 2 aromatic heterocycles. The van der Waals surface area contributed by atoms with Crippen LogP contribution in [-0.2, 0) is 11.8 Å². The van der Waals surface area contributed by atoms with Crippen LogP contribution >= 0.6 is 0 Å². The maximum absolute atomic E-state index is 13.9. The van der Waals surface area contributed by atoms with E-state index in [1.54, 1.807) is 42.3 Å². The molecular formula is C22H20F4N6O2. The van der Waals surface area contributed by atoms with E-state index in [1.165, 1.54) is 11.7 Å².